The van der Waals surface area contributed by atoms with Crippen molar-refractivity contribution >= 4 is 11.9 Å². The molecule has 0 heterocycles. The van der Waals surface area contributed by atoms with Crippen molar-refractivity contribution in [1.82, 2.24) is 0 Å². The van der Waals surface area contributed by atoms with Crippen molar-refractivity contribution in [3.8, 4) is 0 Å². The summed E-state index contributed by atoms with van der Waals surface area (Å²) in [4.78, 5) is 24.9. The molecule has 0 radical (unpaired) electrons. The van der Waals surface area contributed by atoms with Crippen molar-refractivity contribution in [1.29, 1.82) is 0 Å². The number of rotatable bonds is 17. The summed E-state index contributed by atoms with van der Waals surface area (Å²) in [5.41, 5.74) is 3.65. The molecule has 0 aliphatic heterocycles. The molecule has 41 heavy (non-hydrogen) atoms. The maximum Gasteiger partial charge on any atom is 0.311 e. The second-order valence-electron chi connectivity index (χ2n) is 11.7. The minimum Gasteiger partial charge on any atom is -0.469 e. The Labute approximate surface area is 246 Å². The third kappa shape index (κ3) is 13.5. The van der Waals surface area contributed by atoms with Crippen LogP contribution in [0.2, 0.25) is 0 Å². The summed E-state index contributed by atoms with van der Waals surface area (Å²) in [5.74, 6) is -1.88. The predicted molar refractivity (Wildman–Crippen MR) is 160 cm³/mol. The minimum atomic E-state index is -0.781. The Kier molecular flexibility index (Phi) is 14.2. The number of hydrogen-bond donors (Lipinski definition) is 0. The molecule has 0 aliphatic rings. The van der Waals surface area contributed by atoms with E-state index in [0.29, 0.717) is 19.6 Å². The highest BCUT2D eigenvalue weighted by Crippen LogP contribution is 2.23. The maximum absolute atomic E-state index is 12.5. The van der Waals surface area contributed by atoms with Gasteiger partial charge in [-0.25, -0.2) is 0 Å². The van der Waals surface area contributed by atoms with Crippen LogP contribution in [0.5, 0.6) is 0 Å². The third-order valence-electron chi connectivity index (χ3n) is 6.44. The summed E-state index contributed by atoms with van der Waals surface area (Å²) in [6.45, 7) is 16.5. The lowest BCUT2D eigenvalue weighted by Gasteiger charge is -2.32. The van der Waals surface area contributed by atoms with E-state index in [4.69, 9.17) is 23.7 Å². The van der Waals surface area contributed by atoms with Crippen LogP contribution < -0.4 is 0 Å². The van der Waals surface area contributed by atoms with E-state index in [-0.39, 0.29) is 37.8 Å². The molecule has 0 unspecified atom stereocenters. The summed E-state index contributed by atoms with van der Waals surface area (Å²) in [6.07, 6.45) is -0.0284. The standard InChI is InChI=1S/C34H48O7/c1-24(2)20-40-32(26(4)39-21-28-12-10-9-11-13-28)29(18-27-16-14-25(3)15-17-27)22-38-23-30(33(36)37-8)19-31(35)41-34(5,6)7/h9-17,26,29-30,32H,1,18-23H2,2-8H3/t26-,29-,30-,32-/m0/s1. The van der Waals surface area contributed by atoms with Gasteiger partial charge in [0.05, 0.1) is 58.1 Å². The molecule has 2 aromatic rings. The van der Waals surface area contributed by atoms with Gasteiger partial charge in [0.1, 0.15) is 5.60 Å². The van der Waals surface area contributed by atoms with Gasteiger partial charge in [0.2, 0.25) is 0 Å². The summed E-state index contributed by atoms with van der Waals surface area (Å²) < 4.78 is 29.2. The van der Waals surface area contributed by atoms with E-state index < -0.39 is 23.5 Å². The van der Waals surface area contributed by atoms with Gasteiger partial charge in [0.25, 0.3) is 0 Å². The molecule has 4 atom stereocenters. The van der Waals surface area contributed by atoms with Gasteiger partial charge in [-0.05, 0) is 59.1 Å². The lowest BCUT2D eigenvalue weighted by Crippen LogP contribution is -2.40. The van der Waals surface area contributed by atoms with Crippen molar-refractivity contribution in [2.45, 2.75) is 78.8 Å². The zero-order chi connectivity index (χ0) is 30.4. The molecule has 2 aromatic carbocycles. The van der Waals surface area contributed by atoms with Gasteiger partial charge in [0.15, 0.2) is 0 Å². The number of ether oxygens (including phenoxy) is 5. The van der Waals surface area contributed by atoms with Crippen LogP contribution in [-0.2, 0) is 46.3 Å². The molecule has 0 saturated carbocycles. The van der Waals surface area contributed by atoms with E-state index in [1.165, 1.54) is 12.7 Å². The van der Waals surface area contributed by atoms with E-state index in [9.17, 15) is 9.59 Å². The molecule has 226 valence electrons. The van der Waals surface area contributed by atoms with Gasteiger partial charge < -0.3 is 23.7 Å². The zero-order valence-corrected chi connectivity index (χ0v) is 25.8. The van der Waals surface area contributed by atoms with E-state index in [2.05, 4.69) is 37.8 Å². The first kappa shape index (κ1) is 34.2. The molecule has 0 saturated heterocycles. The molecule has 7 nitrogen and oxygen atoms in total. The Hall–Kier alpha value is -3.00. The molecular weight excluding hydrogens is 520 g/mol. The monoisotopic (exact) mass is 568 g/mol. The highest BCUT2D eigenvalue weighted by molar-refractivity contribution is 5.80. The maximum atomic E-state index is 12.5. The average Bonchev–Trinajstić information content (AvgIpc) is 2.91. The molecule has 2 rings (SSSR count). The Bertz CT molecular complexity index is 1070. The van der Waals surface area contributed by atoms with E-state index in [1.54, 1.807) is 20.8 Å². The number of benzene rings is 2. The largest absolute Gasteiger partial charge is 0.469 e. The number of esters is 2. The van der Waals surface area contributed by atoms with Crippen molar-refractivity contribution in [3.05, 3.63) is 83.4 Å². The first-order chi connectivity index (χ1) is 19.4. The summed E-state index contributed by atoms with van der Waals surface area (Å²) in [6, 6.07) is 18.4. The summed E-state index contributed by atoms with van der Waals surface area (Å²) >= 11 is 0. The molecule has 0 bridgehead atoms. The van der Waals surface area contributed by atoms with Gasteiger partial charge in [-0.2, -0.15) is 0 Å². The molecule has 0 aliphatic carbocycles. The van der Waals surface area contributed by atoms with E-state index in [0.717, 1.165) is 16.7 Å². The van der Waals surface area contributed by atoms with Gasteiger partial charge in [-0.15, -0.1) is 0 Å². The number of methoxy groups -OCH3 is 1. The second kappa shape index (κ2) is 17.1. The fraction of sp³-hybridized carbons (Fsp3) is 0.529. The number of carbonyl (C=O) groups excluding carboxylic acids is 2. The third-order valence-corrected chi connectivity index (χ3v) is 6.44. The van der Waals surface area contributed by atoms with Gasteiger partial charge in [-0.1, -0.05) is 72.3 Å². The lowest BCUT2D eigenvalue weighted by molar-refractivity contribution is -0.162. The molecule has 0 spiro atoms. The SMILES string of the molecule is C=C(C)CO[C@H]([C@H](COC[C@H](CC(=O)OC(C)(C)C)C(=O)OC)Cc1ccc(C)cc1)[C@H](C)OCc1ccccc1. The summed E-state index contributed by atoms with van der Waals surface area (Å²) in [5, 5.41) is 0. The predicted octanol–water partition coefficient (Wildman–Crippen LogP) is 6.26. The van der Waals surface area contributed by atoms with Crippen molar-refractivity contribution in [2.24, 2.45) is 11.8 Å². The normalized spacial score (nSPS) is 14.5. The van der Waals surface area contributed by atoms with E-state index >= 15 is 0 Å². The Morgan fingerprint density at radius 1 is 0.927 bits per heavy atom. The highest BCUT2D eigenvalue weighted by atomic mass is 16.6. The lowest BCUT2D eigenvalue weighted by atomic mass is 9.91. The quantitative estimate of drug-likeness (QED) is 0.165. The fourth-order valence-corrected chi connectivity index (χ4v) is 4.41. The van der Waals surface area contributed by atoms with Crippen LogP contribution in [0.25, 0.3) is 0 Å². The number of hydrogen-bond acceptors (Lipinski definition) is 7. The fourth-order valence-electron chi connectivity index (χ4n) is 4.41. The van der Waals surface area contributed by atoms with Crippen LogP contribution in [0.1, 0.15) is 57.7 Å². The number of aryl methyl sites for hydroxylation is 1. The molecule has 0 N–H and O–H groups in total. The van der Waals surface area contributed by atoms with Crippen LogP contribution in [0.15, 0.2) is 66.7 Å². The minimum absolute atomic E-state index is 0.0166. The van der Waals surface area contributed by atoms with Crippen LogP contribution in [0, 0.1) is 18.8 Å². The van der Waals surface area contributed by atoms with Crippen LogP contribution in [-0.4, -0.2) is 56.7 Å². The Morgan fingerprint density at radius 2 is 1.59 bits per heavy atom. The summed E-state index contributed by atoms with van der Waals surface area (Å²) in [7, 11) is 1.30. The van der Waals surface area contributed by atoms with Crippen LogP contribution in [0.4, 0.5) is 0 Å². The molecule has 0 fully saturated rings. The first-order valence-corrected chi connectivity index (χ1v) is 14.2. The van der Waals surface area contributed by atoms with Gasteiger partial charge in [0, 0.05) is 5.92 Å². The smallest absolute Gasteiger partial charge is 0.311 e. The van der Waals surface area contributed by atoms with Crippen LogP contribution in [0.3, 0.4) is 0 Å². The zero-order valence-electron chi connectivity index (χ0n) is 25.8. The van der Waals surface area contributed by atoms with Crippen molar-refractivity contribution < 1.29 is 33.3 Å². The van der Waals surface area contributed by atoms with Crippen molar-refractivity contribution in [2.75, 3.05) is 26.9 Å². The molecule has 0 amide bonds. The second-order valence-corrected chi connectivity index (χ2v) is 11.7. The average molecular weight is 569 g/mol. The van der Waals surface area contributed by atoms with Crippen LogP contribution >= 0.6 is 0 Å². The Balaban J connectivity index is 2.22. The van der Waals surface area contributed by atoms with E-state index in [1.807, 2.05) is 44.2 Å². The van der Waals surface area contributed by atoms with Crippen molar-refractivity contribution in [3.63, 3.8) is 0 Å². The Morgan fingerprint density at radius 3 is 2.17 bits per heavy atom. The molecule has 7 heteroatoms. The first-order valence-electron chi connectivity index (χ1n) is 14.2. The number of carbonyl (C=O) groups is 2. The highest BCUT2D eigenvalue weighted by Gasteiger charge is 2.31. The van der Waals surface area contributed by atoms with Gasteiger partial charge >= 0.3 is 11.9 Å². The van der Waals surface area contributed by atoms with Gasteiger partial charge in [-0.3, -0.25) is 9.59 Å². The topological polar surface area (TPSA) is 80.3 Å². The molecular formula is C34H48O7. The molecule has 0 aromatic heterocycles.